The van der Waals surface area contributed by atoms with Crippen LogP contribution < -0.4 is 10.2 Å². The lowest BCUT2D eigenvalue weighted by atomic mass is 10.1. The van der Waals surface area contributed by atoms with Crippen LogP contribution in [0.15, 0.2) is 42.5 Å². The van der Waals surface area contributed by atoms with Crippen LogP contribution in [-0.2, 0) is 4.79 Å². The summed E-state index contributed by atoms with van der Waals surface area (Å²) in [4.78, 5) is 31.4. The Labute approximate surface area is 170 Å². The molecule has 2 aromatic carbocycles. The molecule has 0 bridgehead atoms. The number of carbonyl (C=O) groups is 2. The Morgan fingerprint density at radius 3 is 2.72 bits per heavy atom. The van der Waals surface area contributed by atoms with E-state index in [-0.39, 0.29) is 11.8 Å². The molecule has 1 fully saturated rings. The second kappa shape index (κ2) is 7.71. The molecule has 2 amide bonds. The maximum atomic E-state index is 13.5. The summed E-state index contributed by atoms with van der Waals surface area (Å²) in [6.45, 7) is 2.44. The van der Waals surface area contributed by atoms with Gasteiger partial charge in [-0.25, -0.2) is 13.8 Å². The molecule has 148 valence electrons. The lowest BCUT2D eigenvalue weighted by Crippen LogP contribution is -2.24. The Morgan fingerprint density at radius 1 is 1.17 bits per heavy atom. The van der Waals surface area contributed by atoms with E-state index in [2.05, 4.69) is 10.3 Å². The first-order valence-corrected chi connectivity index (χ1v) is 9.88. The number of halogens is 2. The molecule has 4 rings (SSSR count). The van der Waals surface area contributed by atoms with Gasteiger partial charge in [-0.05, 0) is 49.7 Å². The average molecular weight is 413 g/mol. The number of benzene rings is 2. The quantitative estimate of drug-likeness (QED) is 0.670. The third kappa shape index (κ3) is 3.88. The number of aryl methyl sites for hydroxylation is 1. The van der Waals surface area contributed by atoms with E-state index in [1.165, 1.54) is 17.4 Å². The summed E-state index contributed by atoms with van der Waals surface area (Å²) in [5.74, 6) is -2.18. The van der Waals surface area contributed by atoms with Crippen LogP contribution >= 0.6 is 11.3 Å². The van der Waals surface area contributed by atoms with Gasteiger partial charge in [0.25, 0.3) is 5.91 Å². The fraction of sp³-hybridized carbons (Fsp3) is 0.190. The Hall–Kier alpha value is -3.13. The number of hydrogen-bond donors (Lipinski definition) is 1. The van der Waals surface area contributed by atoms with Gasteiger partial charge >= 0.3 is 0 Å². The summed E-state index contributed by atoms with van der Waals surface area (Å²) in [7, 11) is 0. The SMILES string of the molecule is Cc1sc(NC(=O)c2cccc(N3CCCC3=O)c2)nc1-c1ccc(F)c(F)c1. The highest BCUT2D eigenvalue weighted by Gasteiger charge is 2.22. The third-order valence-corrected chi connectivity index (χ3v) is 5.59. The van der Waals surface area contributed by atoms with E-state index in [1.54, 1.807) is 36.1 Å². The number of aromatic nitrogens is 1. The van der Waals surface area contributed by atoms with Gasteiger partial charge in [-0.1, -0.05) is 6.07 Å². The molecule has 0 saturated carbocycles. The Morgan fingerprint density at radius 2 is 2.00 bits per heavy atom. The highest BCUT2D eigenvalue weighted by Crippen LogP contribution is 2.31. The molecule has 1 N–H and O–H groups in total. The number of nitrogens with one attached hydrogen (secondary N) is 1. The van der Waals surface area contributed by atoms with E-state index in [0.29, 0.717) is 40.6 Å². The zero-order valence-electron chi connectivity index (χ0n) is 15.5. The molecule has 8 heteroatoms. The van der Waals surface area contributed by atoms with Gasteiger partial charge in [0.05, 0.1) is 5.69 Å². The molecule has 0 radical (unpaired) electrons. The first-order chi connectivity index (χ1) is 13.9. The molecular formula is C21H17F2N3O2S. The van der Waals surface area contributed by atoms with Crippen LogP contribution in [0.4, 0.5) is 19.6 Å². The van der Waals surface area contributed by atoms with Crippen molar-refractivity contribution in [3.63, 3.8) is 0 Å². The second-order valence-electron chi connectivity index (χ2n) is 6.71. The van der Waals surface area contributed by atoms with Crippen molar-refractivity contribution in [1.29, 1.82) is 0 Å². The predicted molar refractivity (Wildman–Crippen MR) is 108 cm³/mol. The summed E-state index contributed by atoms with van der Waals surface area (Å²) >= 11 is 1.25. The van der Waals surface area contributed by atoms with Gasteiger partial charge in [0.2, 0.25) is 5.91 Å². The van der Waals surface area contributed by atoms with Crippen LogP contribution in [0.25, 0.3) is 11.3 Å². The maximum absolute atomic E-state index is 13.5. The van der Waals surface area contributed by atoms with Gasteiger partial charge in [-0.15, -0.1) is 11.3 Å². The molecule has 2 heterocycles. The molecule has 0 aliphatic carbocycles. The number of hydrogen-bond acceptors (Lipinski definition) is 4. The fourth-order valence-electron chi connectivity index (χ4n) is 3.27. The van der Waals surface area contributed by atoms with Crippen molar-refractivity contribution < 1.29 is 18.4 Å². The average Bonchev–Trinajstić information content (AvgIpc) is 3.29. The van der Waals surface area contributed by atoms with E-state index < -0.39 is 11.6 Å². The highest BCUT2D eigenvalue weighted by atomic mass is 32.1. The minimum atomic E-state index is -0.950. The van der Waals surface area contributed by atoms with Crippen molar-refractivity contribution in [1.82, 2.24) is 4.98 Å². The summed E-state index contributed by atoms with van der Waals surface area (Å²) < 4.78 is 26.7. The number of carbonyl (C=O) groups excluding carboxylic acids is 2. The molecular weight excluding hydrogens is 396 g/mol. The van der Waals surface area contributed by atoms with Crippen LogP contribution in [0.5, 0.6) is 0 Å². The van der Waals surface area contributed by atoms with E-state index in [4.69, 9.17) is 0 Å². The van der Waals surface area contributed by atoms with Gasteiger partial charge in [0.1, 0.15) is 0 Å². The van der Waals surface area contributed by atoms with E-state index in [1.807, 2.05) is 0 Å². The van der Waals surface area contributed by atoms with Crippen molar-refractivity contribution in [3.8, 4) is 11.3 Å². The zero-order chi connectivity index (χ0) is 20.5. The van der Waals surface area contributed by atoms with Crippen molar-refractivity contribution in [2.24, 2.45) is 0 Å². The molecule has 1 aliphatic heterocycles. The topological polar surface area (TPSA) is 62.3 Å². The van der Waals surface area contributed by atoms with Crippen molar-refractivity contribution in [2.45, 2.75) is 19.8 Å². The van der Waals surface area contributed by atoms with Gasteiger partial charge in [-0.3, -0.25) is 14.9 Å². The Bertz CT molecular complexity index is 1110. The fourth-order valence-corrected chi connectivity index (χ4v) is 4.10. The molecule has 1 aliphatic rings. The lowest BCUT2D eigenvalue weighted by Gasteiger charge is -2.16. The summed E-state index contributed by atoms with van der Waals surface area (Å²) in [6.07, 6.45) is 1.32. The van der Waals surface area contributed by atoms with Gasteiger partial charge < -0.3 is 4.90 Å². The van der Waals surface area contributed by atoms with Gasteiger partial charge in [0, 0.05) is 34.7 Å². The van der Waals surface area contributed by atoms with Crippen LogP contribution in [0.2, 0.25) is 0 Å². The molecule has 1 saturated heterocycles. The minimum Gasteiger partial charge on any atom is -0.312 e. The molecule has 3 aromatic rings. The van der Waals surface area contributed by atoms with Crippen LogP contribution in [0.1, 0.15) is 28.1 Å². The number of anilines is 2. The molecule has 5 nitrogen and oxygen atoms in total. The minimum absolute atomic E-state index is 0.0503. The Balaban J connectivity index is 1.55. The van der Waals surface area contributed by atoms with E-state index >= 15 is 0 Å². The van der Waals surface area contributed by atoms with Crippen molar-refractivity contribution >= 4 is 34.0 Å². The largest absolute Gasteiger partial charge is 0.312 e. The zero-order valence-corrected chi connectivity index (χ0v) is 16.4. The third-order valence-electron chi connectivity index (χ3n) is 4.70. The molecule has 0 spiro atoms. The first kappa shape index (κ1) is 19.2. The lowest BCUT2D eigenvalue weighted by molar-refractivity contribution is -0.117. The number of rotatable bonds is 4. The smallest absolute Gasteiger partial charge is 0.257 e. The summed E-state index contributed by atoms with van der Waals surface area (Å²) in [5, 5.41) is 3.10. The van der Waals surface area contributed by atoms with E-state index in [9.17, 15) is 18.4 Å². The summed E-state index contributed by atoms with van der Waals surface area (Å²) in [5.41, 5.74) is 2.02. The second-order valence-corrected chi connectivity index (χ2v) is 7.91. The first-order valence-electron chi connectivity index (χ1n) is 9.07. The highest BCUT2D eigenvalue weighted by molar-refractivity contribution is 7.16. The molecule has 0 unspecified atom stereocenters. The molecule has 1 aromatic heterocycles. The number of nitrogens with zero attached hydrogens (tertiary/aromatic N) is 2. The standard InChI is InChI=1S/C21H17F2N3O2S/c1-12-19(13-7-8-16(22)17(23)11-13)24-21(29-12)25-20(28)14-4-2-5-15(10-14)26-9-3-6-18(26)27/h2,4-5,7-8,10-11H,3,6,9H2,1H3,(H,24,25,28). The van der Waals surface area contributed by atoms with E-state index in [0.717, 1.165) is 23.4 Å². The van der Waals surface area contributed by atoms with Crippen LogP contribution in [0, 0.1) is 18.6 Å². The van der Waals surface area contributed by atoms with Gasteiger partial charge in [0.15, 0.2) is 16.8 Å². The monoisotopic (exact) mass is 413 g/mol. The van der Waals surface area contributed by atoms with Crippen LogP contribution in [-0.4, -0.2) is 23.3 Å². The predicted octanol–water partition coefficient (Wildman–Crippen LogP) is 4.78. The van der Waals surface area contributed by atoms with Crippen LogP contribution in [0.3, 0.4) is 0 Å². The molecule has 29 heavy (non-hydrogen) atoms. The summed E-state index contributed by atoms with van der Waals surface area (Å²) in [6, 6.07) is 10.4. The Kier molecular flexibility index (Phi) is 5.10. The maximum Gasteiger partial charge on any atom is 0.257 e. The number of thiazole rings is 1. The normalized spacial score (nSPS) is 13.8. The molecule has 0 atom stereocenters. The van der Waals surface area contributed by atoms with Crippen molar-refractivity contribution in [2.75, 3.05) is 16.8 Å². The van der Waals surface area contributed by atoms with Gasteiger partial charge in [-0.2, -0.15) is 0 Å². The number of amides is 2. The van der Waals surface area contributed by atoms with Crippen molar-refractivity contribution in [3.05, 3.63) is 64.5 Å².